The van der Waals surface area contributed by atoms with Crippen LogP contribution in [0.1, 0.15) is 28.2 Å². The van der Waals surface area contributed by atoms with E-state index in [0.717, 1.165) is 36.3 Å². The van der Waals surface area contributed by atoms with Gasteiger partial charge >= 0.3 is 0 Å². The molecule has 1 N–H and O–H groups in total. The van der Waals surface area contributed by atoms with Gasteiger partial charge in [0.2, 0.25) is 0 Å². The van der Waals surface area contributed by atoms with Crippen molar-refractivity contribution in [3.05, 3.63) is 71.7 Å². The number of hydrogen-bond donors (Lipinski definition) is 1. The number of nitrogens with one attached hydrogen (secondary N) is 1. The number of para-hydroxylation sites is 1. The maximum atomic E-state index is 12.8. The molecule has 1 fully saturated rings. The lowest BCUT2D eigenvalue weighted by Gasteiger charge is -2.24. The first-order chi connectivity index (χ1) is 15.5. The van der Waals surface area contributed by atoms with Gasteiger partial charge in [0.05, 0.1) is 5.57 Å². The molecule has 0 spiro atoms. The number of benzene rings is 1. The number of hydrogen-bond acceptors (Lipinski definition) is 5. The molecule has 2 aliphatic heterocycles. The summed E-state index contributed by atoms with van der Waals surface area (Å²) in [6, 6.07) is 15.0. The van der Waals surface area contributed by atoms with Crippen molar-refractivity contribution in [1.82, 2.24) is 14.8 Å². The number of likely N-dealkylation sites (N-methyl/N-ethyl adjacent to an activating group) is 2. The van der Waals surface area contributed by atoms with Crippen LogP contribution in [-0.4, -0.2) is 59.8 Å². The number of furan rings is 1. The number of rotatable bonds is 4. The zero-order valence-corrected chi connectivity index (χ0v) is 18.0. The largest absolute Gasteiger partial charge is 0.457 e. The Kier molecular flexibility index (Phi) is 5.11. The Labute approximate surface area is 186 Å². The van der Waals surface area contributed by atoms with E-state index < -0.39 is 0 Å². The number of aromatic nitrogens is 1. The average Bonchev–Trinajstić information content (AvgIpc) is 3.53. The number of likely N-dealkylation sites (tertiary alicyclic amines) is 1. The average molecular weight is 428 g/mol. The molecular formula is C25H24N4O3. The smallest absolute Gasteiger partial charge is 0.272 e. The summed E-state index contributed by atoms with van der Waals surface area (Å²) in [4.78, 5) is 33.5. The first-order valence-electron chi connectivity index (χ1n) is 10.6. The van der Waals surface area contributed by atoms with Gasteiger partial charge in [0, 0.05) is 42.6 Å². The molecule has 7 nitrogen and oxygen atoms in total. The monoisotopic (exact) mass is 428 g/mol. The zero-order valence-electron chi connectivity index (χ0n) is 18.0. The fraction of sp³-hybridized carbons (Fsp3) is 0.240. The van der Waals surface area contributed by atoms with Crippen LogP contribution in [0.5, 0.6) is 0 Å². The van der Waals surface area contributed by atoms with E-state index in [-0.39, 0.29) is 17.9 Å². The van der Waals surface area contributed by atoms with Crippen LogP contribution in [0, 0.1) is 0 Å². The zero-order chi connectivity index (χ0) is 22.2. The van der Waals surface area contributed by atoms with Gasteiger partial charge in [-0.1, -0.05) is 18.2 Å². The maximum absolute atomic E-state index is 12.8. The number of nitrogens with zero attached hydrogens (tertiary/aromatic N) is 3. The van der Waals surface area contributed by atoms with Gasteiger partial charge < -0.3 is 19.5 Å². The lowest BCUT2D eigenvalue weighted by atomic mass is 10.1. The van der Waals surface area contributed by atoms with Crippen molar-refractivity contribution in [1.29, 1.82) is 0 Å². The van der Waals surface area contributed by atoms with Gasteiger partial charge in [0.1, 0.15) is 17.2 Å². The third kappa shape index (κ3) is 3.71. The number of carbonyl (C=O) groups is 2. The minimum absolute atomic E-state index is 0.0763. The third-order valence-electron chi connectivity index (χ3n) is 6.13. The van der Waals surface area contributed by atoms with E-state index >= 15 is 0 Å². The first kappa shape index (κ1) is 20.2. The van der Waals surface area contributed by atoms with Gasteiger partial charge in [0.25, 0.3) is 11.8 Å². The molecule has 3 aromatic rings. The topological polar surface area (TPSA) is 78.7 Å². The number of anilines is 1. The normalized spacial score (nSPS) is 19.2. The third-order valence-corrected chi connectivity index (χ3v) is 6.13. The minimum atomic E-state index is -0.147. The van der Waals surface area contributed by atoms with Crippen LogP contribution >= 0.6 is 0 Å². The molecule has 0 radical (unpaired) electrons. The summed E-state index contributed by atoms with van der Waals surface area (Å²) < 4.78 is 5.94. The van der Waals surface area contributed by atoms with Crippen LogP contribution in [0.15, 0.2) is 59.1 Å². The van der Waals surface area contributed by atoms with Crippen LogP contribution in [0.2, 0.25) is 0 Å². The summed E-state index contributed by atoms with van der Waals surface area (Å²) in [6.45, 7) is 1.88. The highest BCUT2D eigenvalue weighted by Gasteiger charge is 2.27. The van der Waals surface area contributed by atoms with Gasteiger partial charge in [-0.15, -0.1) is 0 Å². The van der Waals surface area contributed by atoms with Crippen molar-refractivity contribution in [2.75, 3.05) is 32.5 Å². The van der Waals surface area contributed by atoms with E-state index in [0.29, 0.717) is 22.8 Å². The van der Waals surface area contributed by atoms with Gasteiger partial charge in [-0.2, -0.15) is 0 Å². The summed E-state index contributed by atoms with van der Waals surface area (Å²) in [5.74, 6) is 0.979. The highest BCUT2D eigenvalue weighted by atomic mass is 16.3. The van der Waals surface area contributed by atoms with E-state index in [1.54, 1.807) is 23.2 Å². The van der Waals surface area contributed by atoms with Crippen LogP contribution < -0.4 is 5.32 Å². The molecule has 1 atom stereocenters. The Morgan fingerprint density at radius 3 is 2.81 bits per heavy atom. The summed E-state index contributed by atoms with van der Waals surface area (Å²) in [5.41, 5.74) is 3.41. The Morgan fingerprint density at radius 1 is 1.22 bits per heavy atom. The van der Waals surface area contributed by atoms with Crippen LogP contribution in [0.3, 0.4) is 0 Å². The molecule has 0 saturated carbocycles. The molecule has 32 heavy (non-hydrogen) atoms. The van der Waals surface area contributed by atoms with Gasteiger partial charge in [0.15, 0.2) is 0 Å². The lowest BCUT2D eigenvalue weighted by Crippen LogP contribution is -2.38. The van der Waals surface area contributed by atoms with E-state index in [1.165, 1.54) is 0 Å². The number of carbonyl (C=O) groups excluding carboxylic acids is 2. The predicted octanol–water partition coefficient (Wildman–Crippen LogP) is 3.61. The van der Waals surface area contributed by atoms with Gasteiger partial charge in [-0.25, -0.2) is 0 Å². The molecule has 1 saturated heterocycles. The second-order valence-corrected chi connectivity index (χ2v) is 8.31. The van der Waals surface area contributed by atoms with E-state index in [9.17, 15) is 9.59 Å². The van der Waals surface area contributed by atoms with Crippen LogP contribution in [0.25, 0.3) is 23.0 Å². The van der Waals surface area contributed by atoms with Crippen LogP contribution in [0.4, 0.5) is 5.69 Å². The molecule has 2 aromatic heterocycles. The summed E-state index contributed by atoms with van der Waals surface area (Å²) in [6.07, 6.45) is 4.36. The molecule has 2 amide bonds. The molecule has 1 unspecified atom stereocenters. The summed E-state index contributed by atoms with van der Waals surface area (Å²) in [7, 11) is 3.90. The van der Waals surface area contributed by atoms with Crippen molar-refractivity contribution >= 4 is 29.2 Å². The number of pyridine rings is 1. The predicted molar refractivity (Wildman–Crippen MR) is 123 cm³/mol. The molecule has 0 aliphatic carbocycles. The number of amides is 2. The highest BCUT2D eigenvalue weighted by Crippen LogP contribution is 2.33. The molecule has 0 bridgehead atoms. The molecule has 4 heterocycles. The first-order valence-corrected chi connectivity index (χ1v) is 10.6. The fourth-order valence-electron chi connectivity index (χ4n) is 4.25. The quantitative estimate of drug-likeness (QED) is 0.643. The summed E-state index contributed by atoms with van der Waals surface area (Å²) in [5, 5.41) is 2.86. The Morgan fingerprint density at radius 2 is 2.06 bits per heavy atom. The van der Waals surface area contributed by atoms with Crippen molar-refractivity contribution in [3.63, 3.8) is 0 Å². The Balaban J connectivity index is 1.33. The van der Waals surface area contributed by atoms with Gasteiger partial charge in [-0.3, -0.25) is 14.6 Å². The Hall–Kier alpha value is -3.71. The highest BCUT2D eigenvalue weighted by molar-refractivity contribution is 6.34. The molecular weight excluding hydrogens is 404 g/mol. The van der Waals surface area contributed by atoms with E-state index in [1.807, 2.05) is 49.5 Å². The lowest BCUT2D eigenvalue weighted by molar-refractivity contribution is -0.110. The maximum Gasteiger partial charge on any atom is 0.272 e. The molecule has 5 rings (SSSR count). The van der Waals surface area contributed by atoms with E-state index in [4.69, 9.17) is 4.42 Å². The van der Waals surface area contributed by atoms with Crippen molar-refractivity contribution in [3.8, 4) is 11.3 Å². The second-order valence-electron chi connectivity index (χ2n) is 8.31. The van der Waals surface area contributed by atoms with Gasteiger partial charge in [-0.05, 0) is 56.4 Å². The molecule has 162 valence electrons. The number of fused-ring (bicyclic) bond motifs is 1. The molecule has 1 aromatic carbocycles. The second kappa shape index (κ2) is 8.09. The Bertz CT molecular complexity index is 1210. The van der Waals surface area contributed by atoms with Crippen molar-refractivity contribution in [2.24, 2.45) is 0 Å². The van der Waals surface area contributed by atoms with Crippen molar-refractivity contribution in [2.45, 2.75) is 12.5 Å². The minimum Gasteiger partial charge on any atom is -0.457 e. The fourth-order valence-corrected chi connectivity index (χ4v) is 4.25. The standard InChI is InChI=1S/C25H24N4O3/c1-28-12-11-17(15-28)29(2)25(31)22-9-7-16(14-26-22)23-10-8-18(32-23)13-20-19-5-3-4-6-21(19)27-24(20)30/h3-10,13-14,17H,11-12,15H2,1-2H3,(H,27,30). The summed E-state index contributed by atoms with van der Waals surface area (Å²) >= 11 is 0. The molecule has 2 aliphatic rings. The van der Waals surface area contributed by atoms with E-state index in [2.05, 4.69) is 22.2 Å². The van der Waals surface area contributed by atoms with Crippen molar-refractivity contribution < 1.29 is 14.0 Å². The van der Waals surface area contributed by atoms with Crippen LogP contribution in [-0.2, 0) is 4.79 Å². The SMILES string of the molecule is CN1CCC(N(C)C(=O)c2ccc(-c3ccc(C=C4C(=O)Nc5ccccc54)o3)cn2)C1. The molecule has 7 heteroatoms.